The third-order valence-corrected chi connectivity index (χ3v) is 2.69. The highest BCUT2D eigenvalue weighted by Crippen LogP contribution is 2.21. The minimum atomic E-state index is -1.07. The second kappa shape index (κ2) is 5.85. The number of carboxylic acid groups (broad SMARTS) is 1. The van der Waals surface area contributed by atoms with Crippen molar-refractivity contribution in [3.63, 3.8) is 0 Å². The highest BCUT2D eigenvalue weighted by Gasteiger charge is 2.13. The number of nitrogens with zero attached hydrogens (tertiary/aromatic N) is 1. The molecule has 0 atom stereocenters. The predicted molar refractivity (Wildman–Crippen MR) is 70.3 cm³/mol. The molecule has 1 aromatic rings. The van der Waals surface area contributed by atoms with Gasteiger partial charge in [-0.25, -0.2) is 4.79 Å². The molecule has 0 aliphatic rings. The van der Waals surface area contributed by atoms with E-state index in [1.807, 2.05) is 22.6 Å². The molecule has 0 saturated carbocycles. The van der Waals surface area contributed by atoms with Crippen molar-refractivity contribution in [2.75, 3.05) is 20.7 Å². The molecule has 1 aromatic carbocycles. The Balaban J connectivity index is 2.84. The third-order valence-electron chi connectivity index (χ3n) is 2.02. The van der Waals surface area contributed by atoms with Crippen molar-refractivity contribution in [1.29, 1.82) is 0 Å². The summed E-state index contributed by atoms with van der Waals surface area (Å²) in [5.41, 5.74) is 0.0588. The topological polar surface area (TPSA) is 66.8 Å². The minimum Gasteiger partial charge on any atom is -0.483 e. The molecule has 1 amide bonds. The summed E-state index contributed by atoms with van der Waals surface area (Å²) in [6.07, 6.45) is 0. The average Bonchev–Trinajstić information content (AvgIpc) is 2.26. The zero-order valence-electron chi connectivity index (χ0n) is 9.44. The highest BCUT2D eigenvalue weighted by molar-refractivity contribution is 14.1. The van der Waals surface area contributed by atoms with E-state index in [0.29, 0.717) is 0 Å². The predicted octanol–water partition coefficient (Wildman–Crippen LogP) is 1.46. The van der Waals surface area contributed by atoms with Crippen molar-refractivity contribution in [2.45, 2.75) is 0 Å². The van der Waals surface area contributed by atoms with Crippen LogP contribution in [0.4, 0.5) is 0 Å². The van der Waals surface area contributed by atoms with Crippen molar-refractivity contribution < 1.29 is 19.4 Å². The van der Waals surface area contributed by atoms with E-state index in [-0.39, 0.29) is 23.8 Å². The van der Waals surface area contributed by atoms with E-state index in [1.54, 1.807) is 26.2 Å². The van der Waals surface area contributed by atoms with Crippen LogP contribution in [0.25, 0.3) is 0 Å². The van der Waals surface area contributed by atoms with Crippen LogP contribution in [0, 0.1) is 3.57 Å². The number of halogens is 1. The van der Waals surface area contributed by atoms with Crippen molar-refractivity contribution >= 4 is 34.5 Å². The van der Waals surface area contributed by atoms with Crippen LogP contribution in [-0.2, 0) is 4.79 Å². The van der Waals surface area contributed by atoms with Gasteiger partial charge in [0.05, 0.1) is 0 Å². The summed E-state index contributed by atoms with van der Waals surface area (Å²) in [5.74, 6) is -1.09. The SMILES string of the molecule is CN(C)C(=O)COc1ccc(I)cc1C(=O)O. The molecule has 0 heterocycles. The van der Waals surface area contributed by atoms with Gasteiger partial charge in [-0.3, -0.25) is 4.79 Å². The molecule has 0 fully saturated rings. The van der Waals surface area contributed by atoms with Crippen LogP contribution in [0.1, 0.15) is 10.4 Å². The van der Waals surface area contributed by atoms with Crippen LogP contribution in [0.2, 0.25) is 0 Å². The molecule has 0 radical (unpaired) electrons. The minimum absolute atomic E-state index is 0.0588. The van der Waals surface area contributed by atoms with Crippen molar-refractivity contribution in [3.05, 3.63) is 27.3 Å². The second-order valence-corrected chi connectivity index (χ2v) is 4.77. The first-order chi connectivity index (χ1) is 7.91. The fourth-order valence-electron chi connectivity index (χ4n) is 1.06. The number of amides is 1. The molecule has 0 spiro atoms. The van der Waals surface area contributed by atoms with Crippen LogP contribution in [0.3, 0.4) is 0 Å². The number of hydrogen-bond acceptors (Lipinski definition) is 3. The zero-order valence-corrected chi connectivity index (χ0v) is 11.6. The van der Waals surface area contributed by atoms with E-state index in [0.717, 1.165) is 3.57 Å². The Morgan fingerprint density at radius 3 is 2.59 bits per heavy atom. The van der Waals surface area contributed by atoms with Gasteiger partial charge in [-0.2, -0.15) is 0 Å². The van der Waals surface area contributed by atoms with Crippen molar-refractivity contribution in [1.82, 2.24) is 4.90 Å². The molecule has 0 aromatic heterocycles. The smallest absolute Gasteiger partial charge is 0.339 e. The van der Waals surface area contributed by atoms with Gasteiger partial charge in [0.1, 0.15) is 11.3 Å². The van der Waals surface area contributed by atoms with Crippen LogP contribution in [-0.4, -0.2) is 42.6 Å². The normalized spacial score (nSPS) is 9.82. The van der Waals surface area contributed by atoms with Gasteiger partial charge in [0.15, 0.2) is 6.61 Å². The number of aromatic carboxylic acids is 1. The Bertz CT molecular complexity index is 445. The van der Waals surface area contributed by atoms with Crippen molar-refractivity contribution in [2.24, 2.45) is 0 Å². The lowest BCUT2D eigenvalue weighted by Gasteiger charge is -2.12. The fraction of sp³-hybridized carbons (Fsp3) is 0.273. The standard InChI is InChI=1S/C11H12INO4/c1-13(2)10(14)6-17-9-4-3-7(12)5-8(9)11(15)16/h3-5H,6H2,1-2H3,(H,15,16). The zero-order chi connectivity index (χ0) is 13.0. The maximum absolute atomic E-state index is 11.3. The summed E-state index contributed by atoms with van der Waals surface area (Å²) < 4.78 is 6.00. The number of hydrogen-bond donors (Lipinski definition) is 1. The Morgan fingerprint density at radius 1 is 1.41 bits per heavy atom. The lowest BCUT2D eigenvalue weighted by molar-refractivity contribution is -0.130. The number of likely N-dealkylation sites (N-methyl/N-ethyl adjacent to an activating group) is 1. The van der Waals surface area contributed by atoms with Crippen LogP contribution < -0.4 is 4.74 Å². The van der Waals surface area contributed by atoms with Gasteiger partial charge < -0.3 is 14.7 Å². The van der Waals surface area contributed by atoms with E-state index in [9.17, 15) is 9.59 Å². The summed E-state index contributed by atoms with van der Waals surface area (Å²) in [7, 11) is 3.22. The van der Waals surface area contributed by atoms with Gasteiger partial charge in [0.2, 0.25) is 0 Å². The monoisotopic (exact) mass is 349 g/mol. The number of carboxylic acids is 1. The Morgan fingerprint density at radius 2 is 2.06 bits per heavy atom. The number of carbonyl (C=O) groups is 2. The van der Waals surface area contributed by atoms with Crippen molar-refractivity contribution in [3.8, 4) is 5.75 Å². The molecular formula is C11H12INO4. The summed E-state index contributed by atoms with van der Waals surface area (Å²) in [6, 6.07) is 4.77. The number of ether oxygens (including phenoxy) is 1. The summed E-state index contributed by atoms with van der Waals surface area (Å²) >= 11 is 2.01. The maximum atomic E-state index is 11.3. The van der Waals surface area contributed by atoms with Gasteiger partial charge in [-0.15, -0.1) is 0 Å². The molecule has 0 aliphatic heterocycles. The first kappa shape index (κ1) is 13.8. The quantitative estimate of drug-likeness (QED) is 0.836. The van der Waals surface area contributed by atoms with Gasteiger partial charge in [-0.05, 0) is 40.8 Å². The molecule has 1 rings (SSSR count). The Kier molecular flexibility index (Phi) is 4.73. The Labute approximate surface area is 113 Å². The molecular weight excluding hydrogens is 337 g/mol. The second-order valence-electron chi connectivity index (χ2n) is 3.52. The first-order valence-corrected chi connectivity index (χ1v) is 5.85. The third kappa shape index (κ3) is 3.88. The maximum Gasteiger partial charge on any atom is 0.339 e. The molecule has 0 aliphatic carbocycles. The lowest BCUT2D eigenvalue weighted by Crippen LogP contribution is -2.27. The van der Waals surface area contributed by atoms with E-state index in [2.05, 4.69) is 0 Å². The summed E-state index contributed by atoms with van der Waals surface area (Å²) in [6.45, 7) is -0.173. The molecule has 17 heavy (non-hydrogen) atoms. The van der Waals surface area contributed by atoms with E-state index < -0.39 is 5.97 Å². The van der Waals surface area contributed by atoms with E-state index in [1.165, 1.54) is 11.0 Å². The van der Waals surface area contributed by atoms with E-state index >= 15 is 0 Å². The molecule has 0 unspecified atom stereocenters. The molecule has 0 bridgehead atoms. The number of carbonyl (C=O) groups excluding carboxylic acids is 1. The largest absolute Gasteiger partial charge is 0.483 e. The molecule has 5 nitrogen and oxygen atoms in total. The van der Waals surface area contributed by atoms with Gasteiger partial charge >= 0.3 is 5.97 Å². The number of rotatable bonds is 4. The number of benzene rings is 1. The molecule has 1 N–H and O–H groups in total. The Hall–Kier alpha value is -1.31. The fourth-order valence-corrected chi connectivity index (χ4v) is 1.55. The average molecular weight is 349 g/mol. The summed E-state index contributed by atoms with van der Waals surface area (Å²) in [4.78, 5) is 23.7. The first-order valence-electron chi connectivity index (χ1n) is 4.77. The molecule has 6 heteroatoms. The highest BCUT2D eigenvalue weighted by atomic mass is 127. The van der Waals surface area contributed by atoms with Gasteiger partial charge in [0, 0.05) is 17.7 Å². The summed E-state index contributed by atoms with van der Waals surface area (Å²) in [5, 5.41) is 8.99. The van der Waals surface area contributed by atoms with Gasteiger partial charge in [0.25, 0.3) is 5.91 Å². The van der Waals surface area contributed by atoms with Crippen LogP contribution in [0.15, 0.2) is 18.2 Å². The van der Waals surface area contributed by atoms with Crippen LogP contribution >= 0.6 is 22.6 Å². The lowest BCUT2D eigenvalue weighted by atomic mass is 10.2. The molecule has 92 valence electrons. The van der Waals surface area contributed by atoms with Crippen LogP contribution in [0.5, 0.6) is 5.75 Å². The van der Waals surface area contributed by atoms with E-state index in [4.69, 9.17) is 9.84 Å². The molecule has 0 saturated heterocycles. The van der Waals surface area contributed by atoms with Gasteiger partial charge in [-0.1, -0.05) is 0 Å².